The SMILES string of the molecule is NC(=NCC(O)c1ccc(F)cc1)Nc1ccccc1. The Labute approximate surface area is 116 Å². The van der Waals surface area contributed by atoms with E-state index in [2.05, 4.69) is 10.3 Å². The van der Waals surface area contributed by atoms with Gasteiger partial charge >= 0.3 is 0 Å². The van der Waals surface area contributed by atoms with Gasteiger partial charge in [-0.25, -0.2) is 4.39 Å². The van der Waals surface area contributed by atoms with Crippen LogP contribution in [-0.2, 0) is 0 Å². The van der Waals surface area contributed by atoms with Crippen molar-refractivity contribution in [1.82, 2.24) is 0 Å². The number of halogens is 1. The fraction of sp³-hybridized carbons (Fsp3) is 0.133. The van der Waals surface area contributed by atoms with E-state index in [4.69, 9.17) is 5.73 Å². The van der Waals surface area contributed by atoms with Gasteiger partial charge in [-0.3, -0.25) is 4.99 Å². The summed E-state index contributed by atoms with van der Waals surface area (Å²) < 4.78 is 12.8. The topological polar surface area (TPSA) is 70.6 Å². The van der Waals surface area contributed by atoms with Crippen LogP contribution in [0.3, 0.4) is 0 Å². The van der Waals surface area contributed by atoms with E-state index in [-0.39, 0.29) is 18.3 Å². The standard InChI is InChI=1S/C15H16FN3O/c16-12-8-6-11(7-9-12)14(20)10-18-15(17)19-13-4-2-1-3-5-13/h1-9,14,20H,10H2,(H3,17,18,19). The number of nitrogens with two attached hydrogens (primary N) is 1. The highest BCUT2D eigenvalue weighted by molar-refractivity contribution is 5.92. The average molecular weight is 273 g/mol. The van der Waals surface area contributed by atoms with Crippen LogP contribution in [0.5, 0.6) is 0 Å². The van der Waals surface area contributed by atoms with Crippen LogP contribution in [0, 0.1) is 5.82 Å². The molecule has 0 aliphatic carbocycles. The van der Waals surface area contributed by atoms with E-state index in [1.54, 1.807) is 0 Å². The van der Waals surface area contributed by atoms with Crippen molar-refractivity contribution >= 4 is 11.6 Å². The summed E-state index contributed by atoms with van der Waals surface area (Å²) in [6.07, 6.45) is -0.813. The maximum Gasteiger partial charge on any atom is 0.193 e. The Morgan fingerprint density at radius 1 is 1.15 bits per heavy atom. The third-order valence-corrected chi connectivity index (χ3v) is 2.74. The van der Waals surface area contributed by atoms with Gasteiger partial charge in [-0.05, 0) is 29.8 Å². The zero-order valence-corrected chi connectivity index (χ0v) is 10.8. The van der Waals surface area contributed by atoms with Crippen LogP contribution < -0.4 is 11.1 Å². The number of aliphatic hydroxyl groups is 1. The number of hydrogen-bond acceptors (Lipinski definition) is 2. The van der Waals surface area contributed by atoms with Crippen molar-refractivity contribution in [3.8, 4) is 0 Å². The quantitative estimate of drug-likeness (QED) is 0.591. The number of hydrogen-bond donors (Lipinski definition) is 3. The van der Waals surface area contributed by atoms with E-state index in [9.17, 15) is 9.50 Å². The van der Waals surface area contributed by atoms with Gasteiger partial charge in [0.25, 0.3) is 0 Å². The molecule has 0 saturated heterocycles. The molecule has 0 saturated carbocycles. The van der Waals surface area contributed by atoms with E-state index in [0.29, 0.717) is 5.56 Å². The Morgan fingerprint density at radius 3 is 2.45 bits per heavy atom. The molecule has 0 radical (unpaired) electrons. The largest absolute Gasteiger partial charge is 0.386 e. The van der Waals surface area contributed by atoms with Crippen LogP contribution in [0.2, 0.25) is 0 Å². The second-order valence-corrected chi connectivity index (χ2v) is 4.28. The Bertz CT molecular complexity index is 569. The lowest BCUT2D eigenvalue weighted by Crippen LogP contribution is -2.23. The monoisotopic (exact) mass is 273 g/mol. The fourth-order valence-electron chi connectivity index (χ4n) is 1.68. The summed E-state index contributed by atoms with van der Waals surface area (Å²) in [6.45, 7) is 0.108. The lowest BCUT2D eigenvalue weighted by molar-refractivity contribution is 0.187. The summed E-state index contributed by atoms with van der Waals surface area (Å²) in [5, 5.41) is 12.8. The summed E-state index contributed by atoms with van der Waals surface area (Å²) in [6, 6.07) is 15.0. The molecule has 0 aliphatic rings. The molecular formula is C15H16FN3O. The van der Waals surface area contributed by atoms with Crippen molar-refractivity contribution in [2.24, 2.45) is 10.7 Å². The van der Waals surface area contributed by atoms with Crippen molar-refractivity contribution in [2.45, 2.75) is 6.10 Å². The zero-order chi connectivity index (χ0) is 14.4. The highest BCUT2D eigenvalue weighted by Gasteiger charge is 2.06. The molecule has 2 aromatic rings. The van der Waals surface area contributed by atoms with Crippen LogP contribution in [0.25, 0.3) is 0 Å². The normalized spacial score (nSPS) is 13.0. The van der Waals surface area contributed by atoms with Crippen LogP contribution in [0.15, 0.2) is 59.6 Å². The molecule has 1 atom stereocenters. The minimum atomic E-state index is -0.813. The third kappa shape index (κ3) is 4.07. The molecule has 0 aromatic heterocycles. The average Bonchev–Trinajstić information content (AvgIpc) is 2.46. The van der Waals surface area contributed by atoms with E-state index >= 15 is 0 Å². The molecule has 0 heterocycles. The van der Waals surface area contributed by atoms with Gasteiger partial charge in [-0.1, -0.05) is 30.3 Å². The Kier molecular flexibility index (Phi) is 4.68. The first-order valence-corrected chi connectivity index (χ1v) is 6.20. The smallest absolute Gasteiger partial charge is 0.193 e. The van der Waals surface area contributed by atoms with Crippen molar-refractivity contribution in [2.75, 3.05) is 11.9 Å². The number of guanidine groups is 1. The maximum atomic E-state index is 12.8. The van der Waals surface area contributed by atoms with Crippen molar-refractivity contribution in [1.29, 1.82) is 0 Å². The zero-order valence-electron chi connectivity index (χ0n) is 10.8. The van der Waals surface area contributed by atoms with E-state index < -0.39 is 6.10 Å². The molecule has 20 heavy (non-hydrogen) atoms. The van der Waals surface area contributed by atoms with Crippen LogP contribution >= 0.6 is 0 Å². The van der Waals surface area contributed by atoms with Gasteiger partial charge < -0.3 is 16.2 Å². The van der Waals surface area contributed by atoms with Crippen molar-refractivity contribution < 1.29 is 9.50 Å². The number of aliphatic imine (C=N–C) groups is 1. The molecule has 2 rings (SSSR count). The number of anilines is 1. The first-order valence-electron chi connectivity index (χ1n) is 6.20. The number of aliphatic hydroxyl groups excluding tert-OH is 1. The molecular weight excluding hydrogens is 257 g/mol. The number of benzene rings is 2. The van der Waals surface area contributed by atoms with E-state index in [1.807, 2.05) is 30.3 Å². The molecule has 0 bridgehead atoms. The predicted octanol–water partition coefficient (Wildman–Crippen LogP) is 2.29. The first-order chi connectivity index (χ1) is 9.65. The van der Waals surface area contributed by atoms with Gasteiger partial charge in [-0.2, -0.15) is 0 Å². The number of rotatable bonds is 4. The van der Waals surface area contributed by atoms with Gasteiger partial charge in [0.1, 0.15) is 5.82 Å². The lowest BCUT2D eigenvalue weighted by Gasteiger charge is -2.09. The van der Waals surface area contributed by atoms with Gasteiger partial charge in [0.05, 0.1) is 12.6 Å². The molecule has 0 spiro atoms. The summed E-state index contributed by atoms with van der Waals surface area (Å²) in [4.78, 5) is 4.06. The summed E-state index contributed by atoms with van der Waals surface area (Å²) >= 11 is 0. The predicted molar refractivity (Wildman–Crippen MR) is 77.9 cm³/mol. The summed E-state index contributed by atoms with van der Waals surface area (Å²) in [5.74, 6) is -0.118. The lowest BCUT2D eigenvalue weighted by atomic mass is 10.1. The molecule has 0 aliphatic heterocycles. The molecule has 5 heteroatoms. The Hall–Kier alpha value is -2.40. The first kappa shape index (κ1) is 14.0. The van der Waals surface area contributed by atoms with Crippen LogP contribution in [0.1, 0.15) is 11.7 Å². The van der Waals surface area contributed by atoms with E-state index in [0.717, 1.165) is 5.69 Å². The Balaban J connectivity index is 1.93. The molecule has 0 fully saturated rings. The molecule has 2 aromatic carbocycles. The molecule has 104 valence electrons. The van der Waals surface area contributed by atoms with Crippen LogP contribution in [-0.4, -0.2) is 17.6 Å². The fourth-order valence-corrected chi connectivity index (χ4v) is 1.68. The van der Waals surface area contributed by atoms with Gasteiger partial charge in [0.2, 0.25) is 0 Å². The van der Waals surface area contributed by atoms with Gasteiger partial charge in [-0.15, -0.1) is 0 Å². The highest BCUT2D eigenvalue weighted by Crippen LogP contribution is 2.13. The summed E-state index contributed by atoms with van der Waals surface area (Å²) in [5.41, 5.74) is 7.15. The van der Waals surface area contributed by atoms with Gasteiger partial charge in [0.15, 0.2) is 5.96 Å². The third-order valence-electron chi connectivity index (χ3n) is 2.74. The highest BCUT2D eigenvalue weighted by atomic mass is 19.1. The summed E-state index contributed by atoms with van der Waals surface area (Å²) in [7, 11) is 0. The second kappa shape index (κ2) is 6.68. The number of nitrogens with zero attached hydrogens (tertiary/aromatic N) is 1. The maximum absolute atomic E-state index is 12.8. The van der Waals surface area contributed by atoms with Crippen LogP contribution in [0.4, 0.5) is 10.1 Å². The number of nitrogens with one attached hydrogen (secondary N) is 1. The molecule has 4 N–H and O–H groups in total. The number of para-hydroxylation sites is 1. The molecule has 0 amide bonds. The molecule has 4 nitrogen and oxygen atoms in total. The second-order valence-electron chi connectivity index (χ2n) is 4.28. The van der Waals surface area contributed by atoms with Crippen molar-refractivity contribution in [3.05, 3.63) is 66.0 Å². The minimum absolute atomic E-state index is 0.108. The Morgan fingerprint density at radius 2 is 1.80 bits per heavy atom. The minimum Gasteiger partial charge on any atom is -0.386 e. The van der Waals surface area contributed by atoms with Crippen molar-refractivity contribution in [3.63, 3.8) is 0 Å². The van der Waals surface area contributed by atoms with Gasteiger partial charge in [0, 0.05) is 5.69 Å². The van der Waals surface area contributed by atoms with E-state index in [1.165, 1.54) is 24.3 Å². The molecule has 1 unspecified atom stereocenters.